The van der Waals surface area contributed by atoms with Gasteiger partial charge in [0.2, 0.25) is 0 Å². The monoisotopic (exact) mass is 173 g/mol. The van der Waals surface area contributed by atoms with Gasteiger partial charge in [-0.05, 0) is 36.8 Å². The average Bonchev–Trinajstić information content (AvgIpc) is 2.18. The fourth-order valence-corrected chi connectivity index (χ4v) is 2.75. The highest BCUT2D eigenvalue weighted by molar-refractivity contribution is 5.33. The molecule has 68 valence electrons. The van der Waals surface area contributed by atoms with E-state index < -0.39 is 0 Å². The Morgan fingerprint density at radius 1 is 1.15 bits per heavy atom. The first-order valence-electron chi connectivity index (χ1n) is 5.27. The Morgan fingerprint density at radius 3 is 3.08 bits per heavy atom. The maximum atomic E-state index is 3.71. The first-order valence-corrected chi connectivity index (χ1v) is 5.27. The van der Waals surface area contributed by atoms with Crippen molar-refractivity contribution in [2.45, 2.75) is 37.8 Å². The van der Waals surface area contributed by atoms with Gasteiger partial charge in [0.15, 0.2) is 0 Å². The smallest absolute Gasteiger partial charge is 0.0325 e. The third-order valence-corrected chi connectivity index (χ3v) is 3.38. The quantitative estimate of drug-likeness (QED) is 0.635. The van der Waals surface area contributed by atoms with Crippen LogP contribution in [0.1, 0.15) is 36.4 Å². The van der Waals surface area contributed by atoms with Gasteiger partial charge in [-0.2, -0.15) is 0 Å². The van der Waals surface area contributed by atoms with E-state index in [4.69, 9.17) is 0 Å². The number of hydrogen-bond donors (Lipinski definition) is 1. The van der Waals surface area contributed by atoms with E-state index in [1.807, 2.05) is 0 Å². The SMILES string of the molecule is c1ccc2c(c1)CC1CCCC2N1. The van der Waals surface area contributed by atoms with Crippen molar-refractivity contribution in [1.29, 1.82) is 0 Å². The van der Waals surface area contributed by atoms with E-state index in [2.05, 4.69) is 29.6 Å². The molecule has 0 spiro atoms. The predicted molar refractivity (Wildman–Crippen MR) is 53.7 cm³/mol. The zero-order valence-electron chi connectivity index (χ0n) is 7.79. The fourth-order valence-electron chi connectivity index (χ4n) is 2.75. The van der Waals surface area contributed by atoms with Crippen LogP contribution in [0.5, 0.6) is 0 Å². The Morgan fingerprint density at radius 2 is 2.08 bits per heavy atom. The highest BCUT2D eigenvalue weighted by atomic mass is 15.0. The van der Waals surface area contributed by atoms with Crippen LogP contribution in [0.4, 0.5) is 0 Å². The van der Waals surface area contributed by atoms with Gasteiger partial charge >= 0.3 is 0 Å². The van der Waals surface area contributed by atoms with E-state index in [-0.39, 0.29) is 0 Å². The molecule has 0 amide bonds. The molecule has 0 radical (unpaired) electrons. The third kappa shape index (κ3) is 1.19. The Kier molecular flexibility index (Phi) is 1.66. The lowest BCUT2D eigenvalue weighted by molar-refractivity contribution is 0.302. The number of fused-ring (bicyclic) bond motifs is 4. The summed E-state index contributed by atoms with van der Waals surface area (Å²) in [5.74, 6) is 0. The molecule has 1 fully saturated rings. The largest absolute Gasteiger partial charge is 0.307 e. The molecule has 2 bridgehead atoms. The Hall–Kier alpha value is -0.820. The number of piperidine rings is 1. The van der Waals surface area contributed by atoms with Crippen LogP contribution >= 0.6 is 0 Å². The van der Waals surface area contributed by atoms with Gasteiger partial charge < -0.3 is 5.32 Å². The van der Waals surface area contributed by atoms with Crippen LogP contribution in [0.3, 0.4) is 0 Å². The summed E-state index contributed by atoms with van der Waals surface area (Å²) in [6.45, 7) is 0. The van der Waals surface area contributed by atoms with Gasteiger partial charge in [-0.25, -0.2) is 0 Å². The molecule has 2 unspecified atom stereocenters. The molecule has 1 aromatic rings. The van der Waals surface area contributed by atoms with Crippen molar-refractivity contribution in [3.05, 3.63) is 35.4 Å². The molecule has 1 aromatic carbocycles. The molecule has 2 heterocycles. The van der Waals surface area contributed by atoms with Crippen molar-refractivity contribution in [2.75, 3.05) is 0 Å². The predicted octanol–water partition coefficient (Wildman–Crippen LogP) is 2.43. The second kappa shape index (κ2) is 2.85. The van der Waals surface area contributed by atoms with Crippen LogP contribution in [0, 0.1) is 0 Å². The minimum Gasteiger partial charge on any atom is -0.307 e. The van der Waals surface area contributed by atoms with Crippen molar-refractivity contribution < 1.29 is 0 Å². The first-order chi connectivity index (χ1) is 6.43. The molecule has 0 aromatic heterocycles. The lowest BCUT2D eigenvalue weighted by Gasteiger charge is -2.37. The third-order valence-electron chi connectivity index (χ3n) is 3.38. The van der Waals surface area contributed by atoms with E-state index >= 15 is 0 Å². The van der Waals surface area contributed by atoms with Crippen LogP contribution in [0.15, 0.2) is 24.3 Å². The van der Waals surface area contributed by atoms with Gasteiger partial charge in [-0.3, -0.25) is 0 Å². The van der Waals surface area contributed by atoms with E-state index in [0.717, 1.165) is 6.04 Å². The molecule has 0 saturated carbocycles. The molecule has 1 nitrogen and oxygen atoms in total. The summed E-state index contributed by atoms with van der Waals surface area (Å²) in [5.41, 5.74) is 3.13. The molecule has 2 atom stereocenters. The van der Waals surface area contributed by atoms with Crippen LogP contribution < -0.4 is 5.32 Å². The summed E-state index contributed by atoms with van der Waals surface area (Å²) < 4.78 is 0. The van der Waals surface area contributed by atoms with Crippen molar-refractivity contribution in [1.82, 2.24) is 5.32 Å². The lowest BCUT2D eigenvalue weighted by Crippen LogP contribution is -2.42. The molecule has 1 heteroatoms. The maximum Gasteiger partial charge on any atom is 0.0325 e. The summed E-state index contributed by atoms with van der Waals surface area (Å²) in [5, 5.41) is 3.71. The minimum atomic E-state index is 0.656. The number of hydrogen-bond acceptors (Lipinski definition) is 1. The van der Waals surface area contributed by atoms with Gasteiger partial charge in [0, 0.05) is 12.1 Å². The van der Waals surface area contributed by atoms with Gasteiger partial charge in [0.25, 0.3) is 0 Å². The zero-order chi connectivity index (χ0) is 8.67. The lowest BCUT2D eigenvalue weighted by atomic mass is 9.82. The number of benzene rings is 1. The molecular formula is C12H15N. The second-order valence-corrected chi connectivity index (χ2v) is 4.25. The summed E-state index contributed by atoms with van der Waals surface area (Å²) in [6, 6.07) is 10.3. The molecule has 0 aliphatic carbocycles. The highest BCUT2D eigenvalue weighted by Gasteiger charge is 2.28. The van der Waals surface area contributed by atoms with E-state index in [1.165, 1.54) is 25.7 Å². The van der Waals surface area contributed by atoms with Crippen molar-refractivity contribution >= 4 is 0 Å². The standard InChI is InChI=1S/C12H15N/c1-2-6-11-9(4-1)8-10-5-3-7-12(11)13-10/h1-2,4,6,10,12-13H,3,5,7-8H2. The highest BCUT2D eigenvalue weighted by Crippen LogP contribution is 2.33. The maximum absolute atomic E-state index is 3.71. The van der Waals surface area contributed by atoms with Crippen molar-refractivity contribution in [3.8, 4) is 0 Å². The van der Waals surface area contributed by atoms with E-state index in [9.17, 15) is 0 Å². The van der Waals surface area contributed by atoms with Gasteiger partial charge in [0.05, 0.1) is 0 Å². The molecule has 1 N–H and O–H groups in total. The van der Waals surface area contributed by atoms with E-state index in [1.54, 1.807) is 11.1 Å². The minimum absolute atomic E-state index is 0.656. The molecule has 13 heavy (non-hydrogen) atoms. The van der Waals surface area contributed by atoms with Gasteiger partial charge in [0.1, 0.15) is 0 Å². The molecule has 1 saturated heterocycles. The number of nitrogens with one attached hydrogen (secondary N) is 1. The average molecular weight is 173 g/mol. The molecule has 3 rings (SSSR count). The Labute approximate surface area is 79.2 Å². The topological polar surface area (TPSA) is 12.0 Å². The van der Waals surface area contributed by atoms with Crippen LogP contribution in [-0.4, -0.2) is 6.04 Å². The van der Waals surface area contributed by atoms with Crippen LogP contribution in [0.2, 0.25) is 0 Å². The molecule has 2 aliphatic rings. The molecular weight excluding hydrogens is 158 g/mol. The Balaban J connectivity index is 2.06. The Bertz CT molecular complexity index is 319. The number of rotatable bonds is 0. The first kappa shape index (κ1) is 7.57. The summed E-state index contributed by atoms with van der Waals surface area (Å²) in [6.07, 6.45) is 5.34. The van der Waals surface area contributed by atoms with Crippen LogP contribution in [0.25, 0.3) is 0 Å². The zero-order valence-corrected chi connectivity index (χ0v) is 7.79. The second-order valence-electron chi connectivity index (χ2n) is 4.25. The van der Waals surface area contributed by atoms with Gasteiger partial charge in [-0.1, -0.05) is 24.3 Å². The van der Waals surface area contributed by atoms with Crippen LogP contribution in [-0.2, 0) is 6.42 Å². The van der Waals surface area contributed by atoms with Crippen molar-refractivity contribution in [2.24, 2.45) is 0 Å². The van der Waals surface area contributed by atoms with E-state index in [0.29, 0.717) is 6.04 Å². The molecule has 2 aliphatic heterocycles. The fraction of sp³-hybridized carbons (Fsp3) is 0.500. The summed E-state index contributed by atoms with van der Waals surface area (Å²) in [4.78, 5) is 0. The van der Waals surface area contributed by atoms with Crippen molar-refractivity contribution in [3.63, 3.8) is 0 Å². The normalized spacial score (nSPS) is 31.1. The van der Waals surface area contributed by atoms with Gasteiger partial charge in [-0.15, -0.1) is 0 Å². The summed E-state index contributed by atoms with van der Waals surface area (Å²) in [7, 11) is 0. The summed E-state index contributed by atoms with van der Waals surface area (Å²) >= 11 is 0.